The fourth-order valence-electron chi connectivity index (χ4n) is 3.97. The summed E-state index contributed by atoms with van der Waals surface area (Å²) in [6.45, 7) is 1.87. The minimum atomic E-state index is -1.83. The third-order valence-corrected chi connectivity index (χ3v) is 5.49. The number of aliphatic hydroxyl groups is 1. The smallest absolute Gasteiger partial charge is 0.343 e. The van der Waals surface area contributed by atoms with E-state index in [2.05, 4.69) is 4.98 Å². The van der Waals surface area contributed by atoms with Crippen molar-refractivity contribution >= 4 is 16.9 Å². The predicted octanol–water partition coefficient (Wildman–Crippen LogP) is 1.79. The Morgan fingerprint density at radius 3 is 2.85 bits per heavy atom. The summed E-state index contributed by atoms with van der Waals surface area (Å²) < 4.78 is 6.65. The topological polar surface area (TPSA) is 102 Å². The van der Waals surface area contributed by atoms with Crippen molar-refractivity contribution in [3.63, 3.8) is 0 Å². The van der Waals surface area contributed by atoms with Crippen LogP contribution in [0.5, 0.6) is 5.75 Å². The molecule has 0 saturated carbocycles. The van der Waals surface area contributed by atoms with Crippen molar-refractivity contribution in [2.24, 2.45) is 0 Å². The molecule has 7 heteroatoms. The molecule has 2 aromatic heterocycles. The molecule has 7 nitrogen and oxygen atoms in total. The molecule has 2 aliphatic rings. The van der Waals surface area contributed by atoms with Crippen LogP contribution in [0.2, 0.25) is 0 Å². The molecule has 0 aliphatic carbocycles. The lowest BCUT2D eigenvalue weighted by molar-refractivity contribution is -0.172. The number of cyclic esters (lactones) is 1. The number of benzene rings is 1. The highest BCUT2D eigenvalue weighted by atomic mass is 16.6. The van der Waals surface area contributed by atoms with Gasteiger partial charge in [-0.1, -0.05) is 6.92 Å². The number of rotatable bonds is 1. The van der Waals surface area contributed by atoms with Crippen LogP contribution in [-0.2, 0) is 28.3 Å². The zero-order chi connectivity index (χ0) is 18.9. The van der Waals surface area contributed by atoms with Gasteiger partial charge < -0.3 is 19.5 Å². The van der Waals surface area contributed by atoms with E-state index in [1.807, 2.05) is 6.07 Å². The first-order valence-electron chi connectivity index (χ1n) is 8.72. The number of phenols is 1. The van der Waals surface area contributed by atoms with Crippen molar-refractivity contribution in [2.45, 2.75) is 32.1 Å². The van der Waals surface area contributed by atoms with Gasteiger partial charge >= 0.3 is 5.97 Å². The number of hydrogen-bond donors (Lipinski definition) is 2. The fraction of sp³-hybridized carbons (Fsp3) is 0.250. The Balaban J connectivity index is 1.80. The Kier molecular flexibility index (Phi) is 3.07. The summed E-state index contributed by atoms with van der Waals surface area (Å²) in [5.41, 5.74) is 1.25. The van der Waals surface area contributed by atoms with Crippen LogP contribution in [-0.4, -0.2) is 25.7 Å². The zero-order valence-electron chi connectivity index (χ0n) is 14.5. The minimum Gasteiger partial charge on any atom is -0.508 e. The molecule has 2 N–H and O–H groups in total. The van der Waals surface area contributed by atoms with Gasteiger partial charge in [0.2, 0.25) is 0 Å². The molecule has 0 saturated heterocycles. The maximum Gasteiger partial charge on any atom is 0.343 e. The summed E-state index contributed by atoms with van der Waals surface area (Å²) in [6.07, 6.45) is 0.110. The van der Waals surface area contributed by atoms with Gasteiger partial charge in [-0.15, -0.1) is 0 Å². The summed E-state index contributed by atoms with van der Waals surface area (Å²) in [5, 5.41) is 21.3. The number of carbonyl (C=O) groups is 1. The molecule has 0 fully saturated rings. The number of fused-ring (bicyclic) bond motifs is 5. The van der Waals surface area contributed by atoms with E-state index in [1.165, 1.54) is 0 Å². The van der Waals surface area contributed by atoms with Crippen LogP contribution >= 0.6 is 0 Å². The maximum atomic E-state index is 13.0. The summed E-state index contributed by atoms with van der Waals surface area (Å²) in [5.74, 6) is -0.585. The molecule has 136 valence electrons. The van der Waals surface area contributed by atoms with Crippen molar-refractivity contribution in [2.75, 3.05) is 0 Å². The normalized spacial score (nSPS) is 20.1. The summed E-state index contributed by atoms with van der Waals surface area (Å²) >= 11 is 0. The second-order valence-electron chi connectivity index (χ2n) is 6.98. The fourth-order valence-corrected chi connectivity index (χ4v) is 3.97. The monoisotopic (exact) mass is 364 g/mol. The van der Waals surface area contributed by atoms with E-state index in [4.69, 9.17) is 4.74 Å². The number of esters is 1. The molecule has 0 bridgehead atoms. The Bertz CT molecular complexity index is 1210. The number of hydrogen-bond acceptors (Lipinski definition) is 6. The van der Waals surface area contributed by atoms with E-state index >= 15 is 0 Å². The quantitative estimate of drug-likeness (QED) is 0.499. The second-order valence-corrected chi connectivity index (χ2v) is 6.98. The molecular weight excluding hydrogens is 348 g/mol. The van der Waals surface area contributed by atoms with Crippen molar-refractivity contribution in [1.82, 2.24) is 9.55 Å². The molecule has 0 unspecified atom stereocenters. The van der Waals surface area contributed by atoms with Crippen LogP contribution < -0.4 is 5.56 Å². The van der Waals surface area contributed by atoms with E-state index in [1.54, 1.807) is 35.8 Å². The van der Waals surface area contributed by atoms with E-state index < -0.39 is 11.6 Å². The number of pyridine rings is 2. The van der Waals surface area contributed by atoms with Crippen LogP contribution in [0.4, 0.5) is 0 Å². The molecule has 27 heavy (non-hydrogen) atoms. The Labute approximate surface area is 153 Å². The van der Waals surface area contributed by atoms with Crippen molar-refractivity contribution in [3.05, 3.63) is 57.4 Å². The minimum absolute atomic E-state index is 0.110. The van der Waals surface area contributed by atoms with Gasteiger partial charge in [-0.25, -0.2) is 9.78 Å². The molecule has 3 aromatic rings. The molecule has 1 atom stereocenters. The molecule has 4 heterocycles. The van der Waals surface area contributed by atoms with Gasteiger partial charge in [0.25, 0.3) is 5.56 Å². The molecule has 0 spiro atoms. The molecule has 2 aliphatic heterocycles. The van der Waals surface area contributed by atoms with Gasteiger partial charge in [-0.2, -0.15) is 0 Å². The van der Waals surface area contributed by atoms with Crippen molar-refractivity contribution < 1.29 is 19.7 Å². The third-order valence-electron chi connectivity index (χ3n) is 5.49. The van der Waals surface area contributed by atoms with E-state index in [-0.39, 0.29) is 24.3 Å². The highest BCUT2D eigenvalue weighted by Gasteiger charge is 2.45. The lowest BCUT2D eigenvalue weighted by atomic mass is 9.86. The van der Waals surface area contributed by atoms with Crippen LogP contribution in [0.1, 0.15) is 30.0 Å². The van der Waals surface area contributed by atoms with Crippen LogP contribution in [0.3, 0.4) is 0 Å². The highest BCUT2D eigenvalue weighted by Crippen LogP contribution is 2.38. The van der Waals surface area contributed by atoms with E-state index in [0.717, 1.165) is 10.9 Å². The molecule has 0 amide bonds. The van der Waals surface area contributed by atoms with Crippen molar-refractivity contribution in [3.8, 4) is 17.1 Å². The van der Waals surface area contributed by atoms with Crippen LogP contribution in [0, 0.1) is 0 Å². The maximum absolute atomic E-state index is 13.0. The number of carbonyl (C=O) groups excluding carboxylic acids is 1. The first-order valence-corrected chi connectivity index (χ1v) is 8.72. The number of aromatic hydroxyl groups is 1. The SMILES string of the molecule is CC[C@]1(O)C(=O)OCc2c1cc1n(c2=O)Cc2cc3cc(O)ccc3nc2-1. The third kappa shape index (κ3) is 2.03. The van der Waals surface area contributed by atoms with Gasteiger partial charge in [-0.3, -0.25) is 4.79 Å². The van der Waals surface area contributed by atoms with E-state index in [9.17, 15) is 19.8 Å². The molecule has 1 aromatic carbocycles. The second kappa shape index (κ2) is 5.17. The predicted molar refractivity (Wildman–Crippen MR) is 96.2 cm³/mol. The van der Waals surface area contributed by atoms with Crippen molar-refractivity contribution in [1.29, 1.82) is 0 Å². The van der Waals surface area contributed by atoms with Gasteiger partial charge in [0.1, 0.15) is 12.4 Å². The lowest BCUT2D eigenvalue weighted by Gasteiger charge is -2.31. The highest BCUT2D eigenvalue weighted by molar-refractivity contribution is 5.86. The van der Waals surface area contributed by atoms with Gasteiger partial charge in [0, 0.05) is 16.5 Å². The van der Waals surface area contributed by atoms with Gasteiger partial charge in [0.15, 0.2) is 5.60 Å². The summed E-state index contributed by atoms with van der Waals surface area (Å²) in [4.78, 5) is 29.8. The Morgan fingerprint density at radius 2 is 2.07 bits per heavy atom. The average molecular weight is 364 g/mol. The summed E-state index contributed by atoms with van der Waals surface area (Å²) in [6, 6.07) is 8.48. The Hall–Kier alpha value is -3.19. The largest absolute Gasteiger partial charge is 0.508 e. The molecule has 5 rings (SSSR count). The zero-order valence-corrected chi connectivity index (χ0v) is 14.5. The molecular formula is C20H16N2O5. The number of nitrogens with zero attached hydrogens (tertiary/aromatic N) is 2. The van der Waals surface area contributed by atoms with Gasteiger partial charge in [-0.05, 0) is 36.8 Å². The first kappa shape index (κ1) is 16.0. The molecule has 0 radical (unpaired) electrons. The van der Waals surface area contributed by atoms with Gasteiger partial charge in [0.05, 0.1) is 29.0 Å². The first-order chi connectivity index (χ1) is 12.9. The summed E-state index contributed by atoms with van der Waals surface area (Å²) in [7, 11) is 0. The van der Waals surface area contributed by atoms with E-state index in [0.29, 0.717) is 34.6 Å². The Morgan fingerprint density at radius 1 is 1.26 bits per heavy atom. The average Bonchev–Trinajstić information content (AvgIpc) is 3.01. The number of phenolic OH excluding ortho intramolecular Hbond substituents is 1. The number of ether oxygens (including phenoxy) is 1. The standard InChI is InChI=1S/C20H16N2O5/c1-2-20(26)14-7-16-17-11(5-10-6-12(23)3-4-15(10)21-17)8-22(16)18(24)13(14)9-27-19(20)25/h3-7,23,26H,2,8-9H2,1H3/t20-/m1/s1. The van der Waals surface area contributed by atoms with Crippen LogP contribution in [0.15, 0.2) is 35.1 Å². The number of aromatic nitrogens is 2. The lowest BCUT2D eigenvalue weighted by Crippen LogP contribution is -2.44. The van der Waals surface area contributed by atoms with Crippen LogP contribution in [0.25, 0.3) is 22.3 Å².